The Morgan fingerprint density at radius 2 is 1.23 bits per heavy atom. The second-order valence-electron chi connectivity index (χ2n) is 15.0. The van der Waals surface area contributed by atoms with Crippen molar-refractivity contribution in [2.45, 2.75) is 122 Å². The fourth-order valence-corrected chi connectivity index (χ4v) is 11.3. The van der Waals surface area contributed by atoms with Gasteiger partial charge in [-0.25, -0.2) is 14.5 Å². The molecule has 44 heavy (non-hydrogen) atoms. The van der Waals surface area contributed by atoms with E-state index in [-0.39, 0.29) is 23.4 Å². The Morgan fingerprint density at radius 1 is 0.727 bits per heavy atom. The number of ether oxygens (including phenoxy) is 2. The van der Waals surface area contributed by atoms with E-state index in [1.807, 2.05) is 32.9 Å². The van der Waals surface area contributed by atoms with Gasteiger partial charge in [0.2, 0.25) is 5.91 Å². The summed E-state index contributed by atoms with van der Waals surface area (Å²) in [5, 5.41) is 2.10. The SMILES string of the molecule is CC(C)(C)OC(=O)N1C(=O)CC[C@H]1[C@@H]1CC[C@H](CO[Si](c2ccccc2)(c2ccccc2)C(C)(C)C)N1C(=O)OC(C)(C)C. The second-order valence-corrected chi connectivity index (χ2v) is 19.3. The third kappa shape index (κ3) is 7.20. The van der Waals surface area contributed by atoms with Crippen molar-refractivity contribution in [3.63, 3.8) is 0 Å². The van der Waals surface area contributed by atoms with Gasteiger partial charge in [-0.05, 0) is 76.2 Å². The first kappa shape index (κ1) is 33.7. The third-order valence-electron chi connectivity index (χ3n) is 8.35. The van der Waals surface area contributed by atoms with E-state index < -0.39 is 43.8 Å². The lowest BCUT2D eigenvalue weighted by atomic mass is 10.0. The summed E-state index contributed by atoms with van der Waals surface area (Å²) in [5.41, 5.74) is -1.47. The summed E-state index contributed by atoms with van der Waals surface area (Å²) in [6.45, 7) is 17.9. The molecule has 0 saturated carbocycles. The van der Waals surface area contributed by atoms with Crippen LogP contribution in [0.5, 0.6) is 0 Å². The minimum absolute atomic E-state index is 0.226. The molecule has 0 radical (unpaired) electrons. The van der Waals surface area contributed by atoms with E-state index in [0.29, 0.717) is 25.9 Å². The molecule has 2 aliphatic heterocycles. The lowest BCUT2D eigenvalue weighted by Crippen LogP contribution is -2.67. The molecule has 9 heteroatoms. The maximum atomic E-state index is 13.9. The molecule has 0 aromatic heterocycles. The van der Waals surface area contributed by atoms with Gasteiger partial charge in [0.15, 0.2) is 0 Å². The summed E-state index contributed by atoms with van der Waals surface area (Å²) in [5.74, 6) is -0.277. The topological polar surface area (TPSA) is 85.4 Å². The number of carbonyl (C=O) groups excluding carboxylic acids is 3. The van der Waals surface area contributed by atoms with Crippen LogP contribution in [0.25, 0.3) is 0 Å². The van der Waals surface area contributed by atoms with E-state index in [1.54, 1.807) is 25.7 Å². The average Bonchev–Trinajstić information content (AvgIpc) is 3.51. The Bertz CT molecular complexity index is 1270. The van der Waals surface area contributed by atoms with Crippen molar-refractivity contribution < 1.29 is 28.3 Å². The van der Waals surface area contributed by atoms with Crippen molar-refractivity contribution in [3.8, 4) is 0 Å². The molecule has 2 aromatic rings. The van der Waals surface area contributed by atoms with Gasteiger partial charge in [0.05, 0.1) is 24.7 Å². The first-order valence-corrected chi connectivity index (χ1v) is 17.7. The van der Waals surface area contributed by atoms with Crippen molar-refractivity contribution in [3.05, 3.63) is 60.7 Å². The molecule has 2 aromatic carbocycles. The van der Waals surface area contributed by atoms with Gasteiger partial charge in [0, 0.05) is 6.42 Å². The number of imide groups is 1. The maximum absolute atomic E-state index is 13.9. The van der Waals surface area contributed by atoms with Crippen LogP contribution in [0.15, 0.2) is 60.7 Å². The number of rotatable bonds is 6. The molecule has 0 bridgehead atoms. The zero-order valence-electron chi connectivity index (χ0n) is 27.9. The molecule has 3 amide bonds. The molecule has 0 spiro atoms. The minimum atomic E-state index is -2.87. The van der Waals surface area contributed by atoms with E-state index >= 15 is 0 Å². The van der Waals surface area contributed by atoms with Crippen LogP contribution in [-0.2, 0) is 18.7 Å². The molecule has 4 rings (SSSR count). The maximum Gasteiger partial charge on any atom is 0.417 e. The van der Waals surface area contributed by atoms with Gasteiger partial charge in [0.1, 0.15) is 11.2 Å². The van der Waals surface area contributed by atoms with E-state index in [4.69, 9.17) is 13.9 Å². The predicted octanol–water partition coefficient (Wildman–Crippen LogP) is 6.26. The predicted molar refractivity (Wildman–Crippen MR) is 175 cm³/mol. The summed E-state index contributed by atoms with van der Waals surface area (Å²) in [6.07, 6.45) is 0.844. The highest BCUT2D eigenvalue weighted by Gasteiger charge is 2.53. The van der Waals surface area contributed by atoms with Gasteiger partial charge in [0.25, 0.3) is 8.32 Å². The summed E-state index contributed by atoms with van der Waals surface area (Å²) in [7, 11) is -2.87. The molecule has 3 atom stereocenters. The first-order chi connectivity index (χ1) is 20.4. The van der Waals surface area contributed by atoms with Crippen molar-refractivity contribution in [1.29, 1.82) is 0 Å². The van der Waals surface area contributed by atoms with Crippen LogP contribution in [0.1, 0.15) is 88.0 Å². The molecule has 2 heterocycles. The van der Waals surface area contributed by atoms with Crippen molar-refractivity contribution in [1.82, 2.24) is 9.80 Å². The van der Waals surface area contributed by atoms with E-state index in [0.717, 1.165) is 10.4 Å². The smallest absolute Gasteiger partial charge is 0.417 e. The Morgan fingerprint density at radius 3 is 1.70 bits per heavy atom. The highest BCUT2D eigenvalue weighted by atomic mass is 28.4. The van der Waals surface area contributed by atoms with E-state index in [9.17, 15) is 14.4 Å². The standard InChI is InChI=1S/C35H50N2O6Si/c1-33(2,3)42-31(39)36-25(20-21-28(36)29-22-23-30(38)37(29)32(40)43-34(4,5)6)24-41-44(35(7,8)9,26-16-12-10-13-17-26)27-18-14-11-15-19-27/h10-19,25,28-29H,20-24H2,1-9H3/t25-,28+,29+/m1/s1. The monoisotopic (exact) mass is 622 g/mol. The summed E-state index contributed by atoms with van der Waals surface area (Å²) >= 11 is 0. The van der Waals surface area contributed by atoms with Crippen molar-refractivity contribution >= 4 is 36.8 Å². The van der Waals surface area contributed by atoms with Gasteiger partial charge >= 0.3 is 12.2 Å². The van der Waals surface area contributed by atoms with Gasteiger partial charge < -0.3 is 13.9 Å². The van der Waals surface area contributed by atoms with Crippen LogP contribution in [0, 0.1) is 0 Å². The Hall–Kier alpha value is -3.17. The van der Waals surface area contributed by atoms with Crippen molar-refractivity contribution in [2.75, 3.05) is 6.61 Å². The normalized spacial score (nSPS) is 21.5. The molecule has 0 N–H and O–H groups in total. The molecule has 8 nitrogen and oxygen atoms in total. The van der Waals surface area contributed by atoms with Crippen LogP contribution in [0.2, 0.25) is 5.04 Å². The van der Waals surface area contributed by atoms with Crippen LogP contribution in [0.3, 0.4) is 0 Å². The molecular weight excluding hydrogens is 572 g/mol. The Labute approximate surface area is 264 Å². The Kier molecular flexibility index (Phi) is 9.71. The molecular formula is C35H50N2O6Si. The largest absolute Gasteiger partial charge is 0.444 e. The summed E-state index contributed by atoms with van der Waals surface area (Å²) in [4.78, 5) is 43.2. The quantitative estimate of drug-likeness (QED) is 0.354. The number of likely N-dealkylation sites (tertiary alicyclic amines) is 2. The fourth-order valence-electron chi connectivity index (χ4n) is 6.65. The number of amides is 3. The number of hydrogen-bond acceptors (Lipinski definition) is 6. The Balaban J connectivity index is 1.71. The van der Waals surface area contributed by atoms with Gasteiger partial charge in [-0.1, -0.05) is 81.4 Å². The van der Waals surface area contributed by atoms with Crippen LogP contribution < -0.4 is 10.4 Å². The fraction of sp³-hybridized carbons (Fsp3) is 0.571. The highest BCUT2D eigenvalue weighted by molar-refractivity contribution is 6.99. The van der Waals surface area contributed by atoms with Gasteiger partial charge in [-0.3, -0.25) is 9.69 Å². The third-order valence-corrected chi connectivity index (χ3v) is 13.4. The number of carbonyl (C=O) groups is 3. The zero-order chi connectivity index (χ0) is 32.5. The lowest BCUT2D eigenvalue weighted by Gasteiger charge is -2.44. The van der Waals surface area contributed by atoms with Crippen molar-refractivity contribution in [2.24, 2.45) is 0 Å². The highest BCUT2D eigenvalue weighted by Crippen LogP contribution is 2.40. The molecule has 240 valence electrons. The number of nitrogens with zero attached hydrogens (tertiary/aromatic N) is 2. The minimum Gasteiger partial charge on any atom is -0.444 e. The van der Waals surface area contributed by atoms with E-state index in [1.165, 1.54) is 4.90 Å². The molecule has 0 aliphatic carbocycles. The summed E-state index contributed by atoms with van der Waals surface area (Å²) in [6, 6.07) is 19.6. The van der Waals surface area contributed by atoms with E-state index in [2.05, 4.69) is 69.3 Å². The average molecular weight is 623 g/mol. The second kappa shape index (κ2) is 12.7. The molecule has 2 fully saturated rings. The molecule has 2 saturated heterocycles. The zero-order valence-corrected chi connectivity index (χ0v) is 28.9. The first-order valence-electron chi connectivity index (χ1n) is 15.8. The van der Waals surface area contributed by atoms with Crippen LogP contribution in [-0.4, -0.2) is 72.1 Å². The summed E-state index contributed by atoms with van der Waals surface area (Å²) < 4.78 is 18.8. The van der Waals surface area contributed by atoms with Crippen LogP contribution >= 0.6 is 0 Å². The molecule has 0 unspecified atom stereocenters. The van der Waals surface area contributed by atoms with Crippen LogP contribution in [0.4, 0.5) is 9.59 Å². The molecule has 2 aliphatic rings. The van der Waals surface area contributed by atoms with Gasteiger partial charge in [-0.15, -0.1) is 0 Å². The number of benzene rings is 2. The van der Waals surface area contributed by atoms with Gasteiger partial charge in [-0.2, -0.15) is 0 Å². The number of hydrogen-bond donors (Lipinski definition) is 0. The lowest BCUT2D eigenvalue weighted by molar-refractivity contribution is -0.128.